The van der Waals surface area contributed by atoms with Crippen LogP contribution in [0.25, 0.3) is 0 Å². The minimum absolute atomic E-state index is 0.727. The summed E-state index contributed by atoms with van der Waals surface area (Å²) in [5, 5.41) is 0. The van der Waals surface area contributed by atoms with Gasteiger partial charge in [0.25, 0.3) is 0 Å². The van der Waals surface area contributed by atoms with Gasteiger partial charge in [0.2, 0.25) is 0 Å². The van der Waals surface area contributed by atoms with Gasteiger partial charge in [-0.05, 0) is 19.3 Å². The highest BCUT2D eigenvalue weighted by molar-refractivity contribution is 5.13. The van der Waals surface area contributed by atoms with Gasteiger partial charge in [0.15, 0.2) is 0 Å². The van der Waals surface area contributed by atoms with Gasteiger partial charge < -0.3 is 9.64 Å². The molecule has 1 aliphatic carbocycles. The molecular weight excluding hydrogens is 174 g/mol. The van der Waals surface area contributed by atoms with Crippen molar-refractivity contribution >= 4 is 0 Å². The predicted molar refractivity (Wildman–Crippen MR) is 58.0 cm³/mol. The first kappa shape index (κ1) is 9.78. The molecule has 1 heterocycles. The Balaban J connectivity index is 1.97. The minimum atomic E-state index is 0.727. The number of ether oxygens (including phenoxy) is 1. The van der Waals surface area contributed by atoms with E-state index in [0.29, 0.717) is 0 Å². The van der Waals surface area contributed by atoms with Crippen molar-refractivity contribution in [1.29, 1.82) is 0 Å². The van der Waals surface area contributed by atoms with Crippen LogP contribution in [0.2, 0.25) is 0 Å². The molecule has 1 unspecified atom stereocenters. The van der Waals surface area contributed by atoms with E-state index in [-0.39, 0.29) is 0 Å². The monoisotopic (exact) mass is 193 g/mol. The molecule has 0 bridgehead atoms. The second kappa shape index (κ2) is 4.65. The molecule has 0 spiro atoms. The van der Waals surface area contributed by atoms with E-state index in [9.17, 15) is 0 Å². The fourth-order valence-electron chi connectivity index (χ4n) is 2.40. The maximum Gasteiger partial charge on any atom is 0.0642 e. The molecule has 0 N–H and O–H groups in total. The molecule has 0 aromatic rings. The van der Waals surface area contributed by atoms with Crippen molar-refractivity contribution in [2.75, 3.05) is 26.3 Å². The Morgan fingerprint density at radius 2 is 2.29 bits per heavy atom. The number of allylic oxidation sites excluding steroid dienone is 3. The number of nitrogens with zero attached hydrogens (tertiary/aromatic N) is 1. The van der Waals surface area contributed by atoms with Crippen LogP contribution in [0.3, 0.4) is 0 Å². The Hall–Kier alpha value is -0.760. The summed E-state index contributed by atoms with van der Waals surface area (Å²) in [6.07, 6.45) is 8.12. The highest BCUT2D eigenvalue weighted by Gasteiger charge is 2.23. The van der Waals surface area contributed by atoms with Crippen LogP contribution in [0.5, 0.6) is 0 Å². The van der Waals surface area contributed by atoms with Crippen molar-refractivity contribution in [2.45, 2.75) is 19.3 Å². The van der Waals surface area contributed by atoms with Crippen LogP contribution in [0.1, 0.15) is 19.3 Å². The van der Waals surface area contributed by atoms with Crippen LogP contribution in [0, 0.1) is 5.92 Å². The Morgan fingerprint density at radius 1 is 1.50 bits per heavy atom. The van der Waals surface area contributed by atoms with Gasteiger partial charge in [0, 0.05) is 24.7 Å². The molecule has 0 amide bonds. The van der Waals surface area contributed by atoms with Gasteiger partial charge in [-0.15, -0.1) is 6.58 Å². The first-order valence-electron chi connectivity index (χ1n) is 5.55. The molecule has 14 heavy (non-hydrogen) atoms. The molecule has 1 atom stereocenters. The summed E-state index contributed by atoms with van der Waals surface area (Å²) >= 11 is 0. The standard InChI is InChI=1S/C12H19NO/c1-2-4-11-5-3-6-12(11)13-7-9-14-10-8-13/h2,6,11H,1,3-5,7-10H2. The molecule has 2 aliphatic rings. The van der Waals surface area contributed by atoms with Crippen molar-refractivity contribution in [3.63, 3.8) is 0 Å². The maximum absolute atomic E-state index is 5.37. The van der Waals surface area contributed by atoms with Crippen molar-refractivity contribution in [1.82, 2.24) is 4.90 Å². The van der Waals surface area contributed by atoms with E-state index in [4.69, 9.17) is 4.74 Å². The van der Waals surface area contributed by atoms with Crippen LogP contribution < -0.4 is 0 Å². The number of morpholine rings is 1. The van der Waals surface area contributed by atoms with Gasteiger partial charge in [0.05, 0.1) is 13.2 Å². The lowest BCUT2D eigenvalue weighted by Gasteiger charge is -2.32. The summed E-state index contributed by atoms with van der Waals surface area (Å²) in [5.74, 6) is 0.727. The summed E-state index contributed by atoms with van der Waals surface area (Å²) < 4.78 is 5.37. The Morgan fingerprint density at radius 3 is 3.00 bits per heavy atom. The fraction of sp³-hybridized carbons (Fsp3) is 0.667. The zero-order valence-corrected chi connectivity index (χ0v) is 8.74. The molecule has 0 radical (unpaired) electrons. The first-order chi connectivity index (χ1) is 6.92. The summed E-state index contributed by atoms with van der Waals surface area (Å²) in [6, 6.07) is 0. The van der Waals surface area contributed by atoms with Crippen LogP contribution in [-0.2, 0) is 4.74 Å². The topological polar surface area (TPSA) is 12.5 Å². The summed E-state index contributed by atoms with van der Waals surface area (Å²) in [7, 11) is 0. The molecule has 0 saturated carbocycles. The van der Waals surface area contributed by atoms with Crippen LogP contribution >= 0.6 is 0 Å². The highest BCUT2D eigenvalue weighted by Crippen LogP contribution is 2.31. The van der Waals surface area contributed by atoms with Gasteiger partial charge in [-0.25, -0.2) is 0 Å². The van der Waals surface area contributed by atoms with E-state index in [1.165, 1.54) is 12.8 Å². The van der Waals surface area contributed by atoms with E-state index >= 15 is 0 Å². The number of rotatable bonds is 3. The largest absolute Gasteiger partial charge is 0.378 e. The Labute approximate surface area is 86.2 Å². The Kier molecular flexibility index (Phi) is 3.25. The van der Waals surface area contributed by atoms with Gasteiger partial charge in [-0.2, -0.15) is 0 Å². The minimum Gasteiger partial charge on any atom is -0.378 e. The lowest BCUT2D eigenvalue weighted by molar-refractivity contribution is 0.0494. The van der Waals surface area contributed by atoms with E-state index < -0.39 is 0 Å². The predicted octanol–water partition coefficient (Wildman–Crippen LogP) is 2.19. The molecule has 0 aromatic heterocycles. The highest BCUT2D eigenvalue weighted by atomic mass is 16.5. The summed E-state index contributed by atoms with van der Waals surface area (Å²) in [5.41, 5.74) is 1.55. The Bertz CT molecular complexity index is 228. The smallest absolute Gasteiger partial charge is 0.0642 e. The molecule has 2 rings (SSSR count). The average molecular weight is 193 g/mol. The molecule has 1 fully saturated rings. The van der Waals surface area contributed by atoms with Crippen LogP contribution in [-0.4, -0.2) is 31.2 Å². The van der Waals surface area contributed by atoms with E-state index in [1.54, 1.807) is 5.70 Å². The zero-order valence-electron chi connectivity index (χ0n) is 8.74. The second-order valence-corrected chi connectivity index (χ2v) is 4.03. The van der Waals surface area contributed by atoms with Crippen LogP contribution in [0.4, 0.5) is 0 Å². The second-order valence-electron chi connectivity index (χ2n) is 4.03. The van der Waals surface area contributed by atoms with Crippen molar-refractivity contribution < 1.29 is 4.74 Å². The van der Waals surface area contributed by atoms with Crippen molar-refractivity contribution in [2.24, 2.45) is 5.92 Å². The third-order valence-electron chi connectivity index (χ3n) is 3.11. The molecule has 1 aliphatic heterocycles. The van der Waals surface area contributed by atoms with Gasteiger partial charge in [-0.3, -0.25) is 0 Å². The van der Waals surface area contributed by atoms with Gasteiger partial charge >= 0.3 is 0 Å². The van der Waals surface area contributed by atoms with E-state index in [0.717, 1.165) is 38.6 Å². The van der Waals surface area contributed by atoms with Gasteiger partial charge in [0.1, 0.15) is 0 Å². The maximum atomic E-state index is 5.37. The first-order valence-corrected chi connectivity index (χ1v) is 5.55. The molecule has 1 saturated heterocycles. The van der Waals surface area contributed by atoms with E-state index in [1.807, 2.05) is 6.08 Å². The third kappa shape index (κ3) is 2.01. The quantitative estimate of drug-likeness (QED) is 0.637. The normalized spacial score (nSPS) is 27.6. The van der Waals surface area contributed by atoms with Crippen molar-refractivity contribution in [3.05, 3.63) is 24.4 Å². The summed E-state index contributed by atoms with van der Waals surface area (Å²) in [4.78, 5) is 2.49. The third-order valence-corrected chi connectivity index (χ3v) is 3.11. The number of hydrogen-bond acceptors (Lipinski definition) is 2. The van der Waals surface area contributed by atoms with Crippen molar-refractivity contribution in [3.8, 4) is 0 Å². The molecule has 78 valence electrons. The van der Waals surface area contributed by atoms with E-state index in [2.05, 4.69) is 17.6 Å². The van der Waals surface area contributed by atoms with Crippen LogP contribution in [0.15, 0.2) is 24.4 Å². The molecular formula is C12H19NO. The molecule has 0 aromatic carbocycles. The lowest BCUT2D eigenvalue weighted by Crippen LogP contribution is -2.36. The number of hydrogen-bond donors (Lipinski definition) is 0. The zero-order chi connectivity index (χ0) is 9.80. The molecule has 2 heteroatoms. The SMILES string of the molecule is C=CCC1CCC=C1N1CCOCC1. The lowest BCUT2D eigenvalue weighted by atomic mass is 10.0. The fourth-order valence-corrected chi connectivity index (χ4v) is 2.40. The average Bonchev–Trinajstić information content (AvgIpc) is 2.68. The molecule has 2 nitrogen and oxygen atoms in total. The van der Waals surface area contributed by atoms with Gasteiger partial charge in [-0.1, -0.05) is 12.2 Å². The summed E-state index contributed by atoms with van der Waals surface area (Å²) in [6.45, 7) is 7.75.